The third-order valence-electron chi connectivity index (χ3n) is 5.11. The number of hydrogen-bond donors (Lipinski definition) is 2. The highest BCUT2D eigenvalue weighted by Crippen LogP contribution is 2.21. The lowest BCUT2D eigenvalue weighted by atomic mass is 10.2. The van der Waals surface area contributed by atoms with Gasteiger partial charge in [-0.25, -0.2) is 18.7 Å². The number of oxazole rings is 1. The molecule has 4 rings (SSSR count). The minimum atomic E-state index is -0.307. The average molecular weight is 426 g/mol. The summed E-state index contributed by atoms with van der Waals surface area (Å²) in [6, 6.07) is 9.19. The van der Waals surface area contributed by atoms with Crippen LogP contribution < -0.4 is 15.5 Å². The molecule has 0 amide bonds. The number of halogens is 2. The van der Waals surface area contributed by atoms with Crippen molar-refractivity contribution in [3.05, 3.63) is 66.2 Å². The van der Waals surface area contributed by atoms with E-state index in [1.54, 1.807) is 37.7 Å². The van der Waals surface area contributed by atoms with Gasteiger partial charge in [-0.05, 0) is 42.8 Å². The van der Waals surface area contributed by atoms with Crippen molar-refractivity contribution in [2.75, 3.05) is 31.6 Å². The van der Waals surface area contributed by atoms with Gasteiger partial charge in [0.05, 0.1) is 5.69 Å². The van der Waals surface area contributed by atoms with Crippen molar-refractivity contribution >= 4 is 11.8 Å². The van der Waals surface area contributed by atoms with Crippen molar-refractivity contribution in [3.63, 3.8) is 0 Å². The molecule has 2 aromatic heterocycles. The number of hydrogen-bond acceptors (Lipinski definition) is 5. The van der Waals surface area contributed by atoms with E-state index >= 15 is 0 Å². The van der Waals surface area contributed by atoms with Crippen LogP contribution in [0.2, 0.25) is 0 Å². The molecule has 1 aliphatic rings. The van der Waals surface area contributed by atoms with Gasteiger partial charge in [-0.15, -0.1) is 0 Å². The Morgan fingerprint density at radius 1 is 1.26 bits per heavy atom. The highest BCUT2D eigenvalue weighted by atomic mass is 19.1. The van der Waals surface area contributed by atoms with Crippen LogP contribution in [0.5, 0.6) is 0 Å². The fourth-order valence-corrected chi connectivity index (χ4v) is 3.52. The first-order valence-electron chi connectivity index (χ1n) is 10.2. The molecule has 162 valence electrons. The van der Waals surface area contributed by atoms with Crippen LogP contribution in [0, 0.1) is 11.6 Å². The average Bonchev–Trinajstić information content (AvgIpc) is 3.44. The van der Waals surface area contributed by atoms with E-state index in [-0.39, 0.29) is 17.7 Å². The Labute approximate surface area is 179 Å². The molecule has 0 spiro atoms. The number of benzene rings is 1. The molecule has 1 atom stereocenters. The van der Waals surface area contributed by atoms with Crippen molar-refractivity contribution in [2.24, 2.45) is 4.99 Å². The molecule has 1 aromatic carbocycles. The first kappa shape index (κ1) is 20.8. The van der Waals surface area contributed by atoms with Gasteiger partial charge in [0.2, 0.25) is 5.89 Å². The molecular weight excluding hydrogens is 402 g/mol. The number of guanidine groups is 1. The first-order valence-corrected chi connectivity index (χ1v) is 10.2. The Morgan fingerprint density at radius 3 is 2.87 bits per heavy atom. The Kier molecular flexibility index (Phi) is 6.40. The van der Waals surface area contributed by atoms with Crippen LogP contribution in [-0.4, -0.2) is 48.7 Å². The van der Waals surface area contributed by atoms with Gasteiger partial charge in [0, 0.05) is 50.9 Å². The lowest BCUT2D eigenvalue weighted by Gasteiger charge is -2.19. The maximum atomic E-state index is 14.0. The maximum absolute atomic E-state index is 14.0. The standard InChI is InChI=1S/C22H24F2N6O/c1-25-22(29-17-9-12-30(13-17)20-19(24)3-2-10-26-20)27-11-8-18-14-31-21(28-18)15-4-6-16(23)7-5-15/h2-7,10,14,17H,8-9,11-13H2,1H3,(H2,25,27,29). The minimum Gasteiger partial charge on any atom is -0.444 e. The Morgan fingerprint density at radius 2 is 2.10 bits per heavy atom. The van der Waals surface area contributed by atoms with E-state index < -0.39 is 0 Å². The summed E-state index contributed by atoms with van der Waals surface area (Å²) in [5.41, 5.74) is 1.52. The Hall–Kier alpha value is -3.49. The number of nitrogens with one attached hydrogen (secondary N) is 2. The van der Waals surface area contributed by atoms with E-state index in [2.05, 4.69) is 25.6 Å². The van der Waals surface area contributed by atoms with E-state index in [0.29, 0.717) is 37.2 Å². The van der Waals surface area contributed by atoms with Crippen molar-refractivity contribution in [2.45, 2.75) is 18.9 Å². The zero-order valence-corrected chi connectivity index (χ0v) is 17.2. The van der Waals surface area contributed by atoms with Crippen molar-refractivity contribution in [3.8, 4) is 11.5 Å². The quantitative estimate of drug-likeness (QED) is 0.466. The summed E-state index contributed by atoms with van der Waals surface area (Å²) in [7, 11) is 1.71. The summed E-state index contributed by atoms with van der Waals surface area (Å²) in [6.45, 7) is 1.99. The lowest BCUT2D eigenvalue weighted by molar-refractivity contribution is 0.571. The van der Waals surface area contributed by atoms with E-state index in [0.717, 1.165) is 24.2 Å². The fourth-order valence-electron chi connectivity index (χ4n) is 3.52. The third kappa shape index (κ3) is 5.17. The summed E-state index contributed by atoms with van der Waals surface area (Å²) in [6.07, 6.45) is 4.71. The Balaban J connectivity index is 1.25. The highest BCUT2D eigenvalue weighted by molar-refractivity contribution is 5.80. The Bertz CT molecular complexity index is 1040. The number of aromatic nitrogens is 2. The topological polar surface area (TPSA) is 78.6 Å². The van der Waals surface area contributed by atoms with Crippen molar-refractivity contribution < 1.29 is 13.2 Å². The molecule has 3 heterocycles. The molecule has 1 fully saturated rings. The van der Waals surface area contributed by atoms with Gasteiger partial charge < -0.3 is 20.0 Å². The zero-order chi connectivity index (χ0) is 21.6. The molecule has 1 unspecified atom stereocenters. The van der Waals surface area contributed by atoms with Crippen LogP contribution in [0.4, 0.5) is 14.6 Å². The molecule has 1 saturated heterocycles. The van der Waals surface area contributed by atoms with Gasteiger partial charge in [0.1, 0.15) is 12.1 Å². The molecule has 9 heteroatoms. The molecule has 0 radical (unpaired) electrons. The van der Waals surface area contributed by atoms with E-state index in [1.165, 1.54) is 18.2 Å². The predicted molar refractivity (Wildman–Crippen MR) is 115 cm³/mol. The molecule has 0 saturated carbocycles. The van der Waals surface area contributed by atoms with Crippen LogP contribution in [0.3, 0.4) is 0 Å². The van der Waals surface area contributed by atoms with Crippen molar-refractivity contribution in [1.29, 1.82) is 0 Å². The molecule has 3 aromatic rings. The zero-order valence-electron chi connectivity index (χ0n) is 17.2. The third-order valence-corrected chi connectivity index (χ3v) is 5.11. The molecule has 31 heavy (non-hydrogen) atoms. The molecule has 0 aliphatic carbocycles. The van der Waals surface area contributed by atoms with Gasteiger partial charge in [0.15, 0.2) is 17.6 Å². The SMILES string of the molecule is CN=C(NCCc1coc(-c2ccc(F)cc2)n1)NC1CCN(c2ncccc2F)C1. The van der Waals surface area contributed by atoms with Gasteiger partial charge in [-0.3, -0.25) is 4.99 Å². The van der Waals surface area contributed by atoms with Crippen molar-refractivity contribution in [1.82, 2.24) is 20.6 Å². The molecule has 2 N–H and O–H groups in total. The smallest absolute Gasteiger partial charge is 0.226 e. The number of anilines is 1. The van der Waals surface area contributed by atoms with Crippen LogP contribution >= 0.6 is 0 Å². The number of nitrogens with zero attached hydrogens (tertiary/aromatic N) is 4. The largest absolute Gasteiger partial charge is 0.444 e. The monoisotopic (exact) mass is 426 g/mol. The van der Waals surface area contributed by atoms with Gasteiger partial charge >= 0.3 is 0 Å². The minimum absolute atomic E-state index is 0.143. The van der Waals surface area contributed by atoms with E-state index in [4.69, 9.17) is 4.42 Å². The lowest BCUT2D eigenvalue weighted by Crippen LogP contribution is -2.45. The van der Waals surface area contributed by atoms with Crippen LogP contribution in [-0.2, 0) is 6.42 Å². The first-order chi connectivity index (χ1) is 15.1. The van der Waals surface area contributed by atoms with E-state index in [9.17, 15) is 8.78 Å². The molecule has 7 nitrogen and oxygen atoms in total. The molecule has 0 bridgehead atoms. The normalized spacial score (nSPS) is 16.5. The molecule has 1 aliphatic heterocycles. The van der Waals surface area contributed by atoms with Gasteiger partial charge in [-0.2, -0.15) is 0 Å². The summed E-state index contributed by atoms with van der Waals surface area (Å²) < 4.78 is 32.5. The second kappa shape index (κ2) is 9.55. The van der Waals surface area contributed by atoms with Gasteiger partial charge in [0.25, 0.3) is 0 Å². The molecular formula is C22H24F2N6O. The van der Waals surface area contributed by atoms with Gasteiger partial charge in [-0.1, -0.05) is 0 Å². The van der Waals surface area contributed by atoms with Crippen LogP contribution in [0.15, 0.2) is 58.3 Å². The number of rotatable bonds is 6. The predicted octanol–water partition coefficient (Wildman–Crippen LogP) is 3.00. The van der Waals surface area contributed by atoms with Crippen LogP contribution in [0.1, 0.15) is 12.1 Å². The summed E-state index contributed by atoms with van der Waals surface area (Å²) in [5.74, 6) is 0.922. The maximum Gasteiger partial charge on any atom is 0.226 e. The number of pyridine rings is 1. The second-order valence-electron chi connectivity index (χ2n) is 7.28. The number of aliphatic imine (C=N–C) groups is 1. The fraction of sp³-hybridized carbons (Fsp3) is 0.318. The van der Waals surface area contributed by atoms with Crippen LogP contribution in [0.25, 0.3) is 11.5 Å². The van der Waals surface area contributed by atoms with E-state index in [1.807, 2.05) is 4.90 Å². The second-order valence-corrected chi connectivity index (χ2v) is 7.28. The summed E-state index contributed by atoms with van der Waals surface area (Å²) in [5, 5.41) is 6.64. The summed E-state index contributed by atoms with van der Waals surface area (Å²) in [4.78, 5) is 14.8. The summed E-state index contributed by atoms with van der Waals surface area (Å²) >= 11 is 0. The highest BCUT2D eigenvalue weighted by Gasteiger charge is 2.25.